The number of aliphatic hydroxyl groups is 3. The monoisotopic (exact) mass is 398 g/mol. The maximum atomic E-state index is 10.6. The van der Waals surface area contributed by atoms with Crippen LogP contribution in [0.5, 0.6) is 0 Å². The Morgan fingerprint density at radius 3 is 2.56 bits per heavy atom. The van der Waals surface area contributed by atoms with Crippen LogP contribution in [0.15, 0.2) is 54.6 Å². The van der Waals surface area contributed by atoms with E-state index in [0.29, 0.717) is 12.8 Å². The predicted octanol–water partition coefficient (Wildman–Crippen LogP) is 3.90. The maximum Gasteiger partial charge on any atom is 0.0958 e. The molecule has 1 spiro atoms. The van der Waals surface area contributed by atoms with Crippen LogP contribution >= 0.6 is 23.1 Å². The summed E-state index contributed by atoms with van der Waals surface area (Å²) in [7, 11) is 0. The summed E-state index contributed by atoms with van der Waals surface area (Å²) in [5.74, 6) is 0. The molecule has 1 aliphatic heterocycles. The molecule has 2 heterocycles. The first-order valence-corrected chi connectivity index (χ1v) is 11.0. The Morgan fingerprint density at radius 1 is 0.963 bits per heavy atom. The lowest BCUT2D eigenvalue weighted by molar-refractivity contribution is 0.00406. The number of thioether (sulfide) groups is 1. The highest BCUT2D eigenvalue weighted by Crippen LogP contribution is 2.61. The van der Waals surface area contributed by atoms with Crippen molar-refractivity contribution in [3.8, 4) is 0 Å². The zero-order chi connectivity index (χ0) is 18.6. The number of fused-ring (bicyclic) bond motifs is 1. The average molecular weight is 399 g/mol. The topological polar surface area (TPSA) is 60.7 Å². The van der Waals surface area contributed by atoms with Crippen LogP contribution in [0.1, 0.15) is 34.1 Å². The third-order valence-electron chi connectivity index (χ3n) is 5.74. The van der Waals surface area contributed by atoms with Crippen LogP contribution in [0.4, 0.5) is 0 Å². The van der Waals surface area contributed by atoms with Crippen LogP contribution < -0.4 is 0 Å². The number of benzene rings is 2. The number of hydrogen-bond acceptors (Lipinski definition) is 5. The highest BCUT2D eigenvalue weighted by atomic mass is 32.2. The van der Waals surface area contributed by atoms with E-state index < -0.39 is 12.2 Å². The zero-order valence-electron chi connectivity index (χ0n) is 14.8. The molecule has 1 saturated heterocycles. The minimum absolute atomic E-state index is 0.201. The van der Waals surface area contributed by atoms with Gasteiger partial charge in [-0.15, -0.1) is 23.1 Å². The minimum Gasteiger partial charge on any atom is -0.392 e. The molecule has 3 N–H and O–H groups in total. The highest BCUT2D eigenvalue weighted by molar-refractivity contribution is 8.01. The van der Waals surface area contributed by atoms with Crippen LogP contribution in [0.3, 0.4) is 0 Å². The molecule has 5 atom stereocenters. The Labute approximate surface area is 166 Å². The van der Waals surface area contributed by atoms with E-state index in [-0.39, 0.29) is 16.1 Å². The van der Waals surface area contributed by atoms with E-state index in [1.165, 1.54) is 20.5 Å². The van der Waals surface area contributed by atoms with E-state index in [4.69, 9.17) is 0 Å². The first-order valence-electron chi connectivity index (χ1n) is 9.32. The number of thiophene rings is 1. The fourth-order valence-electron chi connectivity index (χ4n) is 4.13. The largest absolute Gasteiger partial charge is 0.392 e. The fourth-order valence-corrected chi connectivity index (χ4v) is 7.02. The molecule has 2 aliphatic rings. The molecule has 1 saturated carbocycles. The third kappa shape index (κ3) is 3.22. The molecule has 1 aromatic heterocycles. The smallest absolute Gasteiger partial charge is 0.0958 e. The normalized spacial score (nSPS) is 32.9. The number of rotatable bonds is 3. The van der Waals surface area contributed by atoms with E-state index in [1.54, 1.807) is 11.8 Å². The molecule has 2 fully saturated rings. The molecular formula is C22H22O3S2. The van der Waals surface area contributed by atoms with Crippen molar-refractivity contribution in [2.75, 3.05) is 0 Å². The van der Waals surface area contributed by atoms with E-state index in [2.05, 4.69) is 42.5 Å². The van der Waals surface area contributed by atoms with Gasteiger partial charge in [0.15, 0.2) is 0 Å². The molecule has 5 rings (SSSR count). The molecule has 3 aromatic rings. The Kier molecular flexibility index (Phi) is 4.33. The summed E-state index contributed by atoms with van der Waals surface area (Å²) < 4.78 is 1.03. The van der Waals surface area contributed by atoms with Gasteiger partial charge in [0.1, 0.15) is 0 Å². The second kappa shape index (κ2) is 6.61. The Balaban J connectivity index is 1.41. The number of hydrogen-bond donors (Lipinski definition) is 3. The SMILES string of the molecule is O[C@@H]1[C@@H](O)CC2(C[C@H]2O)S[C@H]1c1cccc(Cc2cc3ccccc3s2)c1. The number of aliphatic hydroxyl groups excluding tert-OH is 3. The molecular weight excluding hydrogens is 376 g/mol. The third-order valence-corrected chi connectivity index (χ3v) is 8.74. The highest BCUT2D eigenvalue weighted by Gasteiger charge is 2.60. The summed E-state index contributed by atoms with van der Waals surface area (Å²) in [6.07, 6.45) is 0.0931. The molecule has 1 unspecified atom stereocenters. The summed E-state index contributed by atoms with van der Waals surface area (Å²) in [5, 5.41) is 32.0. The van der Waals surface area contributed by atoms with Crippen molar-refractivity contribution in [3.63, 3.8) is 0 Å². The van der Waals surface area contributed by atoms with Crippen LogP contribution in [0, 0.1) is 0 Å². The molecule has 0 radical (unpaired) electrons. The van der Waals surface area contributed by atoms with Crippen molar-refractivity contribution >= 4 is 33.2 Å². The van der Waals surface area contributed by atoms with Gasteiger partial charge in [0.05, 0.1) is 23.6 Å². The van der Waals surface area contributed by atoms with Gasteiger partial charge in [-0.2, -0.15) is 0 Å². The average Bonchev–Trinajstić information content (AvgIpc) is 3.08. The summed E-state index contributed by atoms with van der Waals surface area (Å²) in [6, 6.07) is 19.0. The lowest BCUT2D eigenvalue weighted by Crippen LogP contribution is -2.40. The standard InChI is InChI=1S/C22H22O3S2/c23-17-11-22(12-19(22)24)27-21(20(17)25)15-6-3-4-13(8-15)9-16-10-14-5-1-2-7-18(14)26-16/h1-8,10,17,19-21,23-25H,9,11-12H2/t17-,19+,20+,21-,22?/m0/s1. The molecule has 1 aliphatic carbocycles. The molecule has 0 amide bonds. The van der Waals surface area contributed by atoms with E-state index in [1.807, 2.05) is 23.5 Å². The van der Waals surface area contributed by atoms with Crippen molar-refractivity contribution in [2.24, 2.45) is 0 Å². The minimum atomic E-state index is -0.798. The van der Waals surface area contributed by atoms with E-state index >= 15 is 0 Å². The lowest BCUT2D eigenvalue weighted by atomic mass is 9.96. The van der Waals surface area contributed by atoms with Crippen LogP contribution in [0.2, 0.25) is 0 Å². The summed E-state index contributed by atoms with van der Waals surface area (Å²) in [6.45, 7) is 0. The van der Waals surface area contributed by atoms with Crippen LogP contribution in [0.25, 0.3) is 10.1 Å². The van der Waals surface area contributed by atoms with Crippen LogP contribution in [-0.4, -0.2) is 38.4 Å². The Hall–Kier alpha value is -1.37. The van der Waals surface area contributed by atoms with Crippen molar-refractivity contribution < 1.29 is 15.3 Å². The van der Waals surface area contributed by atoms with Crippen molar-refractivity contribution in [1.82, 2.24) is 0 Å². The van der Waals surface area contributed by atoms with Gasteiger partial charge in [-0.3, -0.25) is 0 Å². The zero-order valence-corrected chi connectivity index (χ0v) is 16.4. The summed E-state index contributed by atoms with van der Waals surface area (Å²) in [5.41, 5.74) is 2.24. The quantitative estimate of drug-likeness (QED) is 0.626. The lowest BCUT2D eigenvalue weighted by Gasteiger charge is -2.37. The summed E-state index contributed by atoms with van der Waals surface area (Å²) >= 11 is 3.45. The van der Waals surface area contributed by atoms with Crippen LogP contribution in [-0.2, 0) is 6.42 Å². The van der Waals surface area contributed by atoms with Crippen molar-refractivity contribution in [2.45, 2.75) is 47.6 Å². The first-order chi connectivity index (χ1) is 13.0. The van der Waals surface area contributed by atoms with Gasteiger partial charge >= 0.3 is 0 Å². The maximum absolute atomic E-state index is 10.6. The van der Waals surface area contributed by atoms with Gasteiger partial charge in [0, 0.05) is 20.7 Å². The summed E-state index contributed by atoms with van der Waals surface area (Å²) in [4.78, 5) is 1.32. The molecule has 2 aromatic carbocycles. The van der Waals surface area contributed by atoms with Gasteiger partial charge in [0.2, 0.25) is 0 Å². The second-order valence-corrected chi connectivity index (χ2v) is 10.5. The first kappa shape index (κ1) is 17.7. The van der Waals surface area contributed by atoms with Gasteiger partial charge < -0.3 is 15.3 Å². The van der Waals surface area contributed by atoms with E-state index in [9.17, 15) is 15.3 Å². The Morgan fingerprint density at radius 2 is 1.78 bits per heavy atom. The van der Waals surface area contributed by atoms with E-state index in [0.717, 1.165) is 12.0 Å². The van der Waals surface area contributed by atoms with Gasteiger partial charge in [-0.05, 0) is 41.5 Å². The molecule has 140 valence electrons. The Bertz CT molecular complexity index is 951. The van der Waals surface area contributed by atoms with Crippen molar-refractivity contribution in [1.29, 1.82) is 0 Å². The fraction of sp³-hybridized carbons (Fsp3) is 0.364. The van der Waals surface area contributed by atoms with Crippen molar-refractivity contribution in [3.05, 3.63) is 70.6 Å². The van der Waals surface area contributed by atoms with Gasteiger partial charge in [-0.1, -0.05) is 42.5 Å². The predicted molar refractivity (Wildman–Crippen MR) is 111 cm³/mol. The molecule has 3 nitrogen and oxygen atoms in total. The van der Waals surface area contributed by atoms with Gasteiger partial charge in [-0.25, -0.2) is 0 Å². The molecule has 5 heteroatoms. The second-order valence-electron chi connectivity index (χ2n) is 7.76. The van der Waals surface area contributed by atoms with Gasteiger partial charge in [0.25, 0.3) is 0 Å². The molecule has 27 heavy (non-hydrogen) atoms. The molecule has 0 bridgehead atoms.